The Balaban J connectivity index is 1.86. The lowest BCUT2D eigenvalue weighted by atomic mass is 10.0. The number of thioether (sulfide) groups is 1. The number of aliphatic hydroxyl groups is 1. The van der Waals surface area contributed by atoms with Crippen LogP contribution < -0.4 is 0 Å². The highest BCUT2D eigenvalue weighted by Gasteiger charge is 2.15. The zero-order chi connectivity index (χ0) is 10.5. The molecule has 2 rings (SSSR count). The van der Waals surface area contributed by atoms with Crippen LogP contribution in [0.2, 0.25) is 0 Å². The maximum Gasteiger partial charge on any atom is 0.0931 e. The first-order valence-corrected chi connectivity index (χ1v) is 7.54. The summed E-state index contributed by atoms with van der Waals surface area (Å²) in [5.41, 5.74) is 1.06. The largest absolute Gasteiger partial charge is 0.396 e. The summed E-state index contributed by atoms with van der Waals surface area (Å²) in [5, 5.41) is 12.2. The van der Waals surface area contributed by atoms with E-state index in [1.165, 1.54) is 29.4 Å². The smallest absolute Gasteiger partial charge is 0.0931 e. The number of aliphatic hydroxyl groups excluding tert-OH is 1. The summed E-state index contributed by atoms with van der Waals surface area (Å²) in [5.74, 6) is 3.47. The van der Waals surface area contributed by atoms with E-state index < -0.39 is 0 Å². The number of nitrogens with zero attached hydrogens (tertiary/aromatic N) is 1. The molecule has 1 aromatic rings. The van der Waals surface area contributed by atoms with Crippen molar-refractivity contribution in [3.05, 3.63) is 16.1 Å². The number of hydrogen-bond donors (Lipinski definition) is 1. The Hall–Kier alpha value is -0.0600. The van der Waals surface area contributed by atoms with Gasteiger partial charge in [0.1, 0.15) is 0 Å². The predicted octanol–water partition coefficient (Wildman–Crippen LogP) is 2.36. The standard InChI is InChI=1S/C11H17NOS2/c13-4-3-10-8-15-11(12-10)6-9-2-1-5-14-7-9/h8-9,13H,1-7H2. The quantitative estimate of drug-likeness (QED) is 0.881. The Morgan fingerprint density at radius 2 is 2.47 bits per heavy atom. The Morgan fingerprint density at radius 3 is 3.20 bits per heavy atom. The average molecular weight is 243 g/mol. The third-order valence-corrected chi connectivity index (χ3v) is 4.89. The number of hydrogen-bond acceptors (Lipinski definition) is 4. The molecule has 1 fully saturated rings. The highest BCUT2D eigenvalue weighted by molar-refractivity contribution is 7.99. The summed E-state index contributed by atoms with van der Waals surface area (Å²) in [4.78, 5) is 4.54. The molecule has 1 N–H and O–H groups in total. The van der Waals surface area contributed by atoms with Crippen molar-refractivity contribution in [3.8, 4) is 0 Å². The van der Waals surface area contributed by atoms with Crippen LogP contribution >= 0.6 is 23.1 Å². The molecule has 84 valence electrons. The molecular formula is C11H17NOS2. The van der Waals surface area contributed by atoms with Crippen LogP contribution in [0.5, 0.6) is 0 Å². The van der Waals surface area contributed by atoms with Crippen molar-refractivity contribution in [1.29, 1.82) is 0 Å². The monoisotopic (exact) mass is 243 g/mol. The summed E-state index contributed by atoms with van der Waals surface area (Å²) in [6, 6.07) is 0. The van der Waals surface area contributed by atoms with E-state index in [-0.39, 0.29) is 6.61 Å². The van der Waals surface area contributed by atoms with Crippen LogP contribution in [0.15, 0.2) is 5.38 Å². The van der Waals surface area contributed by atoms with Gasteiger partial charge in [0.05, 0.1) is 10.7 Å². The van der Waals surface area contributed by atoms with Gasteiger partial charge in [-0.05, 0) is 30.3 Å². The molecule has 0 radical (unpaired) electrons. The lowest BCUT2D eigenvalue weighted by Crippen LogP contribution is -2.13. The Labute approximate surface area is 99.1 Å². The number of aromatic nitrogens is 1. The van der Waals surface area contributed by atoms with Crippen molar-refractivity contribution in [2.75, 3.05) is 18.1 Å². The van der Waals surface area contributed by atoms with E-state index in [1.54, 1.807) is 11.3 Å². The fourth-order valence-electron chi connectivity index (χ4n) is 1.89. The van der Waals surface area contributed by atoms with E-state index in [4.69, 9.17) is 5.11 Å². The molecule has 0 aliphatic carbocycles. The third-order valence-electron chi connectivity index (χ3n) is 2.69. The molecule has 15 heavy (non-hydrogen) atoms. The van der Waals surface area contributed by atoms with Gasteiger partial charge < -0.3 is 5.11 Å². The van der Waals surface area contributed by atoms with Crippen LogP contribution in [0.1, 0.15) is 23.5 Å². The molecule has 4 heteroatoms. The van der Waals surface area contributed by atoms with Crippen LogP contribution in [-0.4, -0.2) is 28.2 Å². The Morgan fingerprint density at radius 1 is 1.53 bits per heavy atom. The van der Waals surface area contributed by atoms with E-state index in [0.717, 1.165) is 18.0 Å². The lowest BCUT2D eigenvalue weighted by Gasteiger charge is -2.19. The van der Waals surface area contributed by atoms with Gasteiger partial charge in [-0.2, -0.15) is 11.8 Å². The van der Waals surface area contributed by atoms with E-state index >= 15 is 0 Å². The zero-order valence-corrected chi connectivity index (χ0v) is 10.4. The third kappa shape index (κ3) is 3.47. The van der Waals surface area contributed by atoms with Crippen molar-refractivity contribution < 1.29 is 5.11 Å². The Bertz CT molecular complexity index is 295. The SMILES string of the molecule is OCCc1csc(CC2CCCSC2)n1. The van der Waals surface area contributed by atoms with Gasteiger partial charge in [-0.25, -0.2) is 4.98 Å². The highest BCUT2D eigenvalue weighted by atomic mass is 32.2. The van der Waals surface area contributed by atoms with Crippen LogP contribution in [0.3, 0.4) is 0 Å². The van der Waals surface area contributed by atoms with Gasteiger partial charge in [-0.3, -0.25) is 0 Å². The van der Waals surface area contributed by atoms with Crippen molar-refractivity contribution in [2.24, 2.45) is 5.92 Å². The van der Waals surface area contributed by atoms with Crippen molar-refractivity contribution in [2.45, 2.75) is 25.7 Å². The molecule has 0 saturated carbocycles. The first-order chi connectivity index (χ1) is 7.38. The Kier molecular flexibility index (Phi) is 4.47. The molecular weight excluding hydrogens is 226 g/mol. The second kappa shape index (κ2) is 5.87. The maximum absolute atomic E-state index is 8.81. The van der Waals surface area contributed by atoms with Gasteiger partial charge in [0.15, 0.2) is 0 Å². The summed E-state index contributed by atoms with van der Waals surface area (Å²) < 4.78 is 0. The molecule has 1 aromatic heterocycles. The second-order valence-electron chi connectivity index (χ2n) is 3.99. The van der Waals surface area contributed by atoms with Gasteiger partial charge in [-0.1, -0.05) is 0 Å². The van der Waals surface area contributed by atoms with E-state index in [0.29, 0.717) is 6.42 Å². The van der Waals surface area contributed by atoms with Gasteiger partial charge >= 0.3 is 0 Å². The topological polar surface area (TPSA) is 33.1 Å². The molecule has 1 aliphatic rings. The minimum atomic E-state index is 0.211. The normalized spacial score (nSPS) is 21.8. The summed E-state index contributed by atoms with van der Waals surface area (Å²) >= 11 is 3.83. The summed E-state index contributed by atoms with van der Waals surface area (Å²) in [7, 11) is 0. The average Bonchev–Trinajstić information content (AvgIpc) is 2.68. The fourth-order valence-corrected chi connectivity index (χ4v) is 3.99. The van der Waals surface area contributed by atoms with E-state index in [1.807, 2.05) is 0 Å². The molecule has 0 aromatic carbocycles. The van der Waals surface area contributed by atoms with Crippen LogP contribution in [-0.2, 0) is 12.8 Å². The molecule has 0 bridgehead atoms. The molecule has 1 saturated heterocycles. The molecule has 1 aliphatic heterocycles. The number of thiazole rings is 1. The van der Waals surface area contributed by atoms with Crippen molar-refractivity contribution in [1.82, 2.24) is 4.98 Å². The molecule has 0 amide bonds. The predicted molar refractivity (Wildman–Crippen MR) is 66.7 cm³/mol. The molecule has 0 spiro atoms. The van der Waals surface area contributed by atoms with E-state index in [9.17, 15) is 0 Å². The molecule has 2 heterocycles. The van der Waals surface area contributed by atoms with Crippen LogP contribution in [0, 0.1) is 5.92 Å². The minimum Gasteiger partial charge on any atom is -0.396 e. The van der Waals surface area contributed by atoms with Crippen molar-refractivity contribution in [3.63, 3.8) is 0 Å². The first-order valence-electron chi connectivity index (χ1n) is 5.50. The second-order valence-corrected chi connectivity index (χ2v) is 6.09. The van der Waals surface area contributed by atoms with Gasteiger partial charge in [0.2, 0.25) is 0 Å². The highest BCUT2D eigenvalue weighted by Crippen LogP contribution is 2.26. The van der Waals surface area contributed by atoms with Gasteiger partial charge in [0, 0.05) is 24.8 Å². The summed E-state index contributed by atoms with van der Waals surface area (Å²) in [6.45, 7) is 0.211. The maximum atomic E-state index is 8.81. The van der Waals surface area contributed by atoms with E-state index in [2.05, 4.69) is 22.1 Å². The molecule has 1 unspecified atom stereocenters. The first kappa shape index (κ1) is 11.4. The summed E-state index contributed by atoms with van der Waals surface area (Å²) in [6.07, 6.45) is 4.57. The van der Waals surface area contributed by atoms with Crippen LogP contribution in [0.4, 0.5) is 0 Å². The van der Waals surface area contributed by atoms with Crippen LogP contribution in [0.25, 0.3) is 0 Å². The molecule has 2 nitrogen and oxygen atoms in total. The zero-order valence-electron chi connectivity index (χ0n) is 8.82. The van der Waals surface area contributed by atoms with Crippen molar-refractivity contribution >= 4 is 23.1 Å². The van der Waals surface area contributed by atoms with Gasteiger partial charge in [-0.15, -0.1) is 11.3 Å². The minimum absolute atomic E-state index is 0.211. The molecule has 1 atom stereocenters. The number of rotatable bonds is 4. The fraction of sp³-hybridized carbons (Fsp3) is 0.727. The lowest BCUT2D eigenvalue weighted by molar-refractivity contribution is 0.298. The van der Waals surface area contributed by atoms with Gasteiger partial charge in [0.25, 0.3) is 0 Å².